The van der Waals surface area contributed by atoms with E-state index in [-0.39, 0.29) is 0 Å². The molecule has 0 aliphatic carbocycles. The number of nitrogens with zero attached hydrogens (tertiary/aromatic N) is 1. The number of hydrogen-bond acceptors (Lipinski definition) is 3. The van der Waals surface area contributed by atoms with E-state index in [0.717, 1.165) is 38.5 Å². The lowest BCUT2D eigenvalue weighted by Gasteiger charge is -2.29. The van der Waals surface area contributed by atoms with Gasteiger partial charge in [0.05, 0.1) is 6.20 Å². The first-order chi connectivity index (χ1) is 12.6. The number of rotatable bonds is 7. The summed E-state index contributed by atoms with van der Waals surface area (Å²) in [6.45, 7) is 9.50. The van der Waals surface area contributed by atoms with E-state index in [1.807, 2.05) is 24.4 Å². The van der Waals surface area contributed by atoms with E-state index >= 15 is 0 Å². The molecular weight excluding hydrogens is 326 g/mol. The number of hydrogen-bond donors (Lipinski definition) is 2. The van der Waals surface area contributed by atoms with Gasteiger partial charge < -0.3 is 14.7 Å². The molecule has 5 nitrogen and oxygen atoms in total. The van der Waals surface area contributed by atoms with Crippen molar-refractivity contribution in [1.29, 1.82) is 0 Å². The Balaban J connectivity index is 1.39. The molecule has 1 saturated heterocycles. The van der Waals surface area contributed by atoms with Crippen LogP contribution in [-0.2, 0) is 0 Å². The number of aliphatic hydroxyl groups is 1. The largest absolute Gasteiger partial charge is 0.491 e. The number of quaternary nitrogens is 1. The van der Waals surface area contributed by atoms with E-state index < -0.39 is 6.10 Å². The minimum absolute atomic E-state index is 0.348. The predicted molar refractivity (Wildman–Crippen MR) is 103 cm³/mol. The number of piperazine rings is 1. The molecule has 1 aromatic heterocycles. The van der Waals surface area contributed by atoms with Crippen molar-refractivity contribution >= 4 is 5.82 Å². The second-order valence-electron chi connectivity index (χ2n) is 7.38. The third-order valence-electron chi connectivity index (χ3n) is 5.02. The van der Waals surface area contributed by atoms with E-state index in [1.165, 1.54) is 16.3 Å². The van der Waals surface area contributed by atoms with E-state index in [0.29, 0.717) is 12.5 Å². The van der Waals surface area contributed by atoms with Crippen LogP contribution in [0.15, 0.2) is 48.7 Å². The summed E-state index contributed by atoms with van der Waals surface area (Å²) in [6, 6.07) is 14.3. The van der Waals surface area contributed by atoms with Crippen LogP contribution >= 0.6 is 0 Å². The second-order valence-corrected chi connectivity index (χ2v) is 7.38. The predicted octanol–water partition coefficient (Wildman–Crippen LogP) is 0.769. The summed E-state index contributed by atoms with van der Waals surface area (Å²) in [5.74, 6) is 2.51. The fraction of sp³-hybridized carbons (Fsp3) is 0.476. The molecule has 0 unspecified atom stereocenters. The first kappa shape index (κ1) is 18.7. The van der Waals surface area contributed by atoms with E-state index in [9.17, 15) is 5.11 Å². The van der Waals surface area contributed by atoms with Gasteiger partial charge >= 0.3 is 0 Å². The Bertz CT molecular complexity index is 653. The Morgan fingerprint density at radius 1 is 1.12 bits per heavy atom. The van der Waals surface area contributed by atoms with Gasteiger partial charge in [0.2, 0.25) is 0 Å². The molecule has 5 heteroatoms. The number of benzene rings is 1. The summed E-state index contributed by atoms with van der Waals surface area (Å²) < 4.78 is 5.76. The van der Waals surface area contributed by atoms with Gasteiger partial charge in [0.15, 0.2) is 0 Å². The average molecular weight is 357 g/mol. The summed E-state index contributed by atoms with van der Waals surface area (Å²) in [5.41, 5.74) is 1.30. The molecular formula is C21H31N3O2+2. The van der Waals surface area contributed by atoms with Crippen molar-refractivity contribution in [2.24, 2.45) is 0 Å². The summed E-state index contributed by atoms with van der Waals surface area (Å²) in [7, 11) is 0. The third-order valence-corrected chi connectivity index (χ3v) is 5.02. The van der Waals surface area contributed by atoms with Crippen molar-refractivity contribution in [3.05, 3.63) is 54.2 Å². The lowest BCUT2D eigenvalue weighted by Crippen LogP contribution is -3.16. The van der Waals surface area contributed by atoms with Crippen LogP contribution in [0.4, 0.5) is 5.82 Å². The van der Waals surface area contributed by atoms with Crippen LogP contribution in [0.1, 0.15) is 25.3 Å². The van der Waals surface area contributed by atoms with Gasteiger partial charge in [0, 0.05) is 6.07 Å². The van der Waals surface area contributed by atoms with Crippen molar-refractivity contribution in [3.63, 3.8) is 0 Å². The Hall–Kier alpha value is -2.11. The fourth-order valence-corrected chi connectivity index (χ4v) is 3.38. The van der Waals surface area contributed by atoms with Gasteiger partial charge in [0.1, 0.15) is 51.2 Å². The molecule has 1 aliphatic rings. The molecule has 0 saturated carbocycles. The van der Waals surface area contributed by atoms with Crippen molar-refractivity contribution in [3.8, 4) is 5.75 Å². The minimum atomic E-state index is -0.440. The lowest BCUT2D eigenvalue weighted by atomic mass is 10.0. The zero-order valence-corrected chi connectivity index (χ0v) is 15.8. The Morgan fingerprint density at radius 3 is 2.46 bits per heavy atom. The molecule has 140 valence electrons. The number of pyridine rings is 1. The van der Waals surface area contributed by atoms with Crippen molar-refractivity contribution in [2.45, 2.75) is 25.9 Å². The van der Waals surface area contributed by atoms with Gasteiger partial charge in [-0.15, -0.1) is 0 Å². The van der Waals surface area contributed by atoms with E-state index in [1.54, 1.807) is 0 Å². The number of aromatic nitrogens is 1. The Labute approximate surface area is 156 Å². The van der Waals surface area contributed by atoms with Crippen LogP contribution in [0.25, 0.3) is 0 Å². The van der Waals surface area contributed by atoms with Gasteiger partial charge in [-0.05, 0) is 29.7 Å². The maximum absolute atomic E-state index is 10.3. The highest BCUT2D eigenvalue weighted by atomic mass is 16.5. The van der Waals surface area contributed by atoms with Gasteiger partial charge in [-0.2, -0.15) is 0 Å². The minimum Gasteiger partial charge on any atom is -0.491 e. The van der Waals surface area contributed by atoms with Crippen LogP contribution in [0.3, 0.4) is 0 Å². The highest BCUT2D eigenvalue weighted by molar-refractivity contribution is 5.32. The zero-order chi connectivity index (χ0) is 18.4. The SMILES string of the molecule is CC(C)c1ccc(OC[C@H](O)C[NH+]2CCN(c3cccc[nH+]3)CC2)cc1. The smallest absolute Gasteiger partial charge is 0.274 e. The first-order valence-electron chi connectivity index (χ1n) is 9.58. The third kappa shape index (κ3) is 5.19. The maximum Gasteiger partial charge on any atom is 0.274 e. The van der Waals surface area contributed by atoms with Gasteiger partial charge in [-0.3, -0.25) is 4.90 Å². The van der Waals surface area contributed by atoms with Crippen LogP contribution in [0.5, 0.6) is 5.75 Å². The second kappa shape index (κ2) is 9.01. The van der Waals surface area contributed by atoms with Gasteiger partial charge in [-0.1, -0.05) is 32.0 Å². The quantitative estimate of drug-likeness (QED) is 0.770. The monoisotopic (exact) mass is 357 g/mol. The molecule has 3 rings (SSSR count). The summed E-state index contributed by atoms with van der Waals surface area (Å²) >= 11 is 0. The highest BCUT2D eigenvalue weighted by Crippen LogP contribution is 2.18. The van der Waals surface area contributed by atoms with Crippen molar-refractivity contribution in [2.75, 3.05) is 44.2 Å². The van der Waals surface area contributed by atoms with E-state index in [4.69, 9.17) is 4.74 Å². The number of aromatic amines is 1. The zero-order valence-electron chi connectivity index (χ0n) is 15.8. The highest BCUT2D eigenvalue weighted by Gasteiger charge is 2.27. The fourth-order valence-electron chi connectivity index (χ4n) is 3.38. The molecule has 2 aromatic rings. The topological polar surface area (TPSA) is 51.3 Å². The van der Waals surface area contributed by atoms with E-state index in [2.05, 4.69) is 48.0 Å². The number of H-pyrrole nitrogens is 1. The molecule has 1 atom stereocenters. The molecule has 1 fully saturated rings. The van der Waals surface area contributed by atoms with Crippen LogP contribution in [0.2, 0.25) is 0 Å². The molecule has 0 bridgehead atoms. The standard InChI is InChI=1S/C21H29N3O2/c1-17(2)18-6-8-20(9-7-18)26-16-19(25)15-23-11-13-24(14-12-23)21-5-3-4-10-22-21/h3-10,17,19,25H,11-16H2,1-2H3/p+2/t19-/m1/s1. The maximum atomic E-state index is 10.3. The number of aliphatic hydroxyl groups excluding tert-OH is 1. The number of anilines is 1. The molecule has 1 aromatic carbocycles. The molecule has 1 aliphatic heterocycles. The molecule has 0 amide bonds. The van der Waals surface area contributed by atoms with Crippen molar-refractivity contribution in [1.82, 2.24) is 0 Å². The molecule has 0 spiro atoms. The normalized spacial score (nSPS) is 16.7. The summed E-state index contributed by atoms with van der Waals surface area (Å²) in [4.78, 5) is 7.09. The Morgan fingerprint density at radius 2 is 1.85 bits per heavy atom. The average Bonchev–Trinajstić information content (AvgIpc) is 2.68. The summed E-state index contributed by atoms with van der Waals surface area (Å²) in [6.07, 6.45) is 1.52. The molecule has 3 N–H and O–H groups in total. The van der Waals surface area contributed by atoms with Crippen LogP contribution < -0.4 is 19.5 Å². The van der Waals surface area contributed by atoms with Gasteiger partial charge in [0.25, 0.3) is 5.82 Å². The van der Waals surface area contributed by atoms with Crippen molar-refractivity contribution < 1.29 is 19.7 Å². The van der Waals surface area contributed by atoms with Crippen LogP contribution in [-0.4, -0.2) is 50.5 Å². The lowest BCUT2D eigenvalue weighted by molar-refractivity contribution is -0.903. The number of nitrogens with one attached hydrogen (secondary N) is 2. The number of ether oxygens (including phenoxy) is 1. The molecule has 0 radical (unpaired) electrons. The van der Waals surface area contributed by atoms with Crippen LogP contribution in [0, 0.1) is 0 Å². The summed E-state index contributed by atoms with van der Waals surface area (Å²) in [5, 5.41) is 10.3. The van der Waals surface area contributed by atoms with Gasteiger partial charge in [-0.25, -0.2) is 4.98 Å². The Kier molecular flexibility index (Phi) is 6.47. The molecule has 26 heavy (non-hydrogen) atoms. The molecule has 2 heterocycles. The first-order valence-corrected chi connectivity index (χ1v) is 9.58.